The van der Waals surface area contributed by atoms with Gasteiger partial charge < -0.3 is 4.57 Å². The van der Waals surface area contributed by atoms with Crippen LogP contribution in [0.2, 0.25) is 0 Å². The Hall–Kier alpha value is -2.93. The number of rotatable bonds is 1. The zero-order valence-electron chi connectivity index (χ0n) is 13.3. The first-order valence-corrected chi connectivity index (χ1v) is 7.31. The van der Waals surface area contributed by atoms with E-state index in [9.17, 15) is 4.39 Å². The molecule has 0 unspecified atom stereocenters. The number of pyridine rings is 1. The smallest absolute Gasteiger partial charge is 0.132 e. The number of aryl methyl sites for hydroxylation is 3. The molecule has 0 aliphatic carbocycles. The van der Waals surface area contributed by atoms with Crippen LogP contribution in [0.3, 0.4) is 0 Å². The molecule has 3 aromatic rings. The summed E-state index contributed by atoms with van der Waals surface area (Å²) in [6, 6.07) is 8.92. The van der Waals surface area contributed by atoms with Crippen molar-refractivity contribution in [1.82, 2.24) is 14.5 Å². The van der Waals surface area contributed by atoms with Gasteiger partial charge in [0.1, 0.15) is 17.3 Å². The van der Waals surface area contributed by atoms with E-state index in [0.29, 0.717) is 11.3 Å². The van der Waals surface area contributed by atoms with E-state index in [2.05, 4.69) is 21.8 Å². The van der Waals surface area contributed by atoms with Crippen molar-refractivity contribution in [2.45, 2.75) is 20.8 Å². The average Bonchev–Trinajstić information content (AvgIpc) is 2.90. The molecule has 0 N–H and O–H groups in total. The molecule has 114 valence electrons. The van der Waals surface area contributed by atoms with Crippen LogP contribution in [-0.2, 0) is 0 Å². The Kier molecular flexibility index (Phi) is 3.94. The van der Waals surface area contributed by atoms with Gasteiger partial charge in [-0.05, 0) is 56.5 Å². The summed E-state index contributed by atoms with van der Waals surface area (Å²) in [5.74, 6) is 6.66. The highest BCUT2D eigenvalue weighted by Crippen LogP contribution is 2.16. The Morgan fingerprint density at radius 2 is 1.91 bits per heavy atom. The van der Waals surface area contributed by atoms with Gasteiger partial charge in [-0.3, -0.25) is 4.98 Å². The van der Waals surface area contributed by atoms with Crippen LogP contribution in [-0.4, -0.2) is 14.5 Å². The maximum atomic E-state index is 13.7. The molecule has 0 aliphatic rings. The first kappa shape index (κ1) is 15.0. The van der Waals surface area contributed by atoms with Crippen molar-refractivity contribution in [2.75, 3.05) is 0 Å². The summed E-state index contributed by atoms with van der Waals surface area (Å²) in [6.45, 7) is 5.54. The first-order chi connectivity index (χ1) is 11.0. The van der Waals surface area contributed by atoms with E-state index >= 15 is 0 Å². The molecular formula is C19H16FN3. The van der Waals surface area contributed by atoms with Crippen molar-refractivity contribution in [1.29, 1.82) is 0 Å². The topological polar surface area (TPSA) is 30.7 Å². The first-order valence-electron chi connectivity index (χ1n) is 7.31. The Bertz CT molecular complexity index is 929. The summed E-state index contributed by atoms with van der Waals surface area (Å²) >= 11 is 0. The second kappa shape index (κ2) is 6.05. The number of hydrogen-bond acceptors (Lipinski definition) is 2. The highest BCUT2D eigenvalue weighted by Gasteiger charge is 2.06. The normalized spacial score (nSPS) is 10.3. The van der Waals surface area contributed by atoms with Gasteiger partial charge in [-0.15, -0.1) is 0 Å². The van der Waals surface area contributed by atoms with Crippen LogP contribution >= 0.6 is 0 Å². The van der Waals surface area contributed by atoms with Crippen molar-refractivity contribution in [3.8, 4) is 17.5 Å². The predicted octanol–water partition coefficient (Wildman–Crippen LogP) is 3.73. The van der Waals surface area contributed by atoms with E-state index in [4.69, 9.17) is 0 Å². The third kappa shape index (κ3) is 3.14. The minimum absolute atomic E-state index is 0.228. The molecule has 0 saturated heterocycles. The van der Waals surface area contributed by atoms with Crippen LogP contribution in [0.15, 0.2) is 42.7 Å². The maximum Gasteiger partial charge on any atom is 0.132 e. The fourth-order valence-electron chi connectivity index (χ4n) is 2.27. The van der Waals surface area contributed by atoms with E-state index in [-0.39, 0.29) is 5.82 Å². The third-order valence-electron chi connectivity index (χ3n) is 3.65. The number of benzene rings is 1. The Balaban J connectivity index is 1.96. The van der Waals surface area contributed by atoms with Crippen molar-refractivity contribution >= 4 is 0 Å². The van der Waals surface area contributed by atoms with E-state index in [0.717, 1.165) is 22.8 Å². The van der Waals surface area contributed by atoms with Crippen LogP contribution in [0.4, 0.5) is 4.39 Å². The molecule has 2 heterocycles. The van der Waals surface area contributed by atoms with Gasteiger partial charge in [-0.25, -0.2) is 9.37 Å². The average molecular weight is 305 g/mol. The quantitative estimate of drug-likeness (QED) is 0.641. The molecule has 2 aromatic heterocycles. The molecule has 0 bridgehead atoms. The summed E-state index contributed by atoms with van der Waals surface area (Å²) in [4.78, 5) is 8.64. The third-order valence-corrected chi connectivity index (χ3v) is 3.65. The highest BCUT2D eigenvalue weighted by molar-refractivity contribution is 5.44. The largest absolute Gasteiger partial charge is 0.303 e. The van der Waals surface area contributed by atoms with E-state index < -0.39 is 0 Å². The Morgan fingerprint density at radius 3 is 2.65 bits per heavy atom. The summed E-state index contributed by atoms with van der Waals surface area (Å²) in [5, 5.41) is 0. The van der Waals surface area contributed by atoms with Crippen molar-refractivity contribution in [3.05, 3.63) is 76.9 Å². The lowest BCUT2D eigenvalue weighted by Crippen LogP contribution is -1.96. The molecule has 0 saturated carbocycles. The van der Waals surface area contributed by atoms with Gasteiger partial charge in [0.2, 0.25) is 0 Å². The zero-order chi connectivity index (χ0) is 16.4. The van der Waals surface area contributed by atoms with Crippen LogP contribution in [0, 0.1) is 38.4 Å². The van der Waals surface area contributed by atoms with Crippen LogP contribution in [0.1, 0.15) is 28.3 Å². The van der Waals surface area contributed by atoms with Crippen LogP contribution in [0.25, 0.3) is 5.69 Å². The second-order valence-corrected chi connectivity index (χ2v) is 5.36. The van der Waals surface area contributed by atoms with Gasteiger partial charge in [-0.2, -0.15) is 0 Å². The molecule has 3 rings (SSSR count). The van der Waals surface area contributed by atoms with Gasteiger partial charge >= 0.3 is 0 Å². The lowest BCUT2D eigenvalue weighted by atomic mass is 10.2. The fourth-order valence-corrected chi connectivity index (χ4v) is 2.27. The SMILES string of the molecule is Cc1ccc(-n2cc(C#Cc3cccnc3C)nc2C)cc1F. The standard InChI is InChI=1S/C19H16FN3/c1-13-6-9-18(11-19(13)20)23-12-17(22-15(23)3)8-7-16-5-4-10-21-14(16)2/h4-6,9-12H,1-3H3. The summed E-state index contributed by atoms with van der Waals surface area (Å²) in [6.07, 6.45) is 3.56. The van der Waals surface area contributed by atoms with Crippen LogP contribution in [0.5, 0.6) is 0 Å². The zero-order valence-corrected chi connectivity index (χ0v) is 13.3. The molecule has 3 nitrogen and oxygen atoms in total. The van der Waals surface area contributed by atoms with Crippen molar-refractivity contribution in [3.63, 3.8) is 0 Å². The van der Waals surface area contributed by atoms with Gasteiger partial charge in [0.05, 0.1) is 5.69 Å². The van der Waals surface area contributed by atoms with Gasteiger partial charge in [0.25, 0.3) is 0 Å². The van der Waals surface area contributed by atoms with E-state index in [1.807, 2.05) is 42.8 Å². The lowest BCUT2D eigenvalue weighted by Gasteiger charge is -2.05. The minimum Gasteiger partial charge on any atom is -0.303 e. The second-order valence-electron chi connectivity index (χ2n) is 5.36. The number of imidazole rings is 1. The summed E-state index contributed by atoms with van der Waals surface area (Å²) in [7, 11) is 0. The van der Waals surface area contributed by atoms with Crippen molar-refractivity contribution in [2.24, 2.45) is 0 Å². The lowest BCUT2D eigenvalue weighted by molar-refractivity contribution is 0.617. The molecule has 0 amide bonds. The van der Waals surface area contributed by atoms with Gasteiger partial charge in [-0.1, -0.05) is 12.0 Å². The Labute approximate surface area is 134 Å². The van der Waals surface area contributed by atoms with E-state index in [1.165, 1.54) is 6.07 Å². The molecule has 0 atom stereocenters. The molecule has 0 fully saturated rings. The highest BCUT2D eigenvalue weighted by atomic mass is 19.1. The number of hydrogen-bond donors (Lipinski definition) is 0. The minimum atomic E-state index is -0.228. The van der Waals surface area contributed by atoms with Crippen LogP contribution < -0.4 is 0 Å². The maximum absolute atomic E-state index is 13.7. The van der Waals surface area contributed by atoms with Crippen molar-refractivity contribution < 1.29 is 4.39 Å². The summed E-state index contributed by atoms with van der Waals surface area (Å²) in [5.41, 5.74) is 3.77. The number of aromatic nitrogens is 3. The molecule has 0 spiro atoms. The number of halogens is 1. The van der Waals surface area contributed by atoms with E-state index in [1.54, 1.807) is 19.2 Å². The van der Waals surface area contributed by atoms with Gasteiger partial charge in [0.15, 0.2) is 0 Å². The molecule has 1 aromatic carbocycles. The molecule has 4 heteroatoms. The molecular weight excluding hydrogens is 289 g/mol. The fraction of sp³-hybridized carbons (Fsp3) is 0.158. The molecule has 0 radical (unpaired) electrons. The summed E-state index contributed by atoms with van der Waals surface area (Å²) < 4.78 is 15.6. The number of nitrogens with zero attached hydrogens (tertiary/aromatic N) is 3. The molecule has 23 heavy (non-hydrogen) atoms. The predicted molar refractivity (Wildman–Crippen MR) is 88.0 cm³/mol. The monoisotopic (exact) mass is 305 g/mol. The Morgan fingerprint density at radius 1 is 1.09 bits per heavy atom. The van der Waals surface area contributed by atoms with Gasteiger partial charge in [0, 0.05) is 23.6 Å². The molecule has 0 aliphatic heterocycles.